The lowest BCUT2D eigenvalue weighted by atomic mass is 9.95. The zero-order chi connectivity index (χ0) is 42.7. The van der Waals surface area contributed by atoms with Crippen LogP contribution in [0.25, 0.3) is 10.9 Å². The molecule has 0 radical (unpaired) electrons. The van der Waals surface area contributed by atoms with Gasteiger partial charge in [0, 0.05) is 38.1 Å². The third kappa shape index (κ3) is 12.1. The maximum absolute atomic E-state index is 14.5. The number of urea groups is 2. The van der Waals surface area contributed by atoms with Crippen LogP contribution in [0.3, 0.4) is 0 Å². The lowest BCUT2D eigenvalue weighted by Gasteiger charge is -2.35. The number of aliphatic hydroxyl groups excluding tert-OH is 1. The fraction of sp³-hybridized carbons (Fsp3) is 0.444. The Hall–Kier alpha value is -5.73. The predicted octanol–water partition coefficient (Wildman–Crippen LogP) is 6.23. The van der Waals surface area contributed by atoms with E-state index in [9.17, 15) is 24.3 Å². The summed E-state index contributed by atoms with van der Waals surface area (Å²) in [4.78, 5) is 64.2. The van der Waals surface area contributed by atoms with Gasteiger partial charge in [-0.2, -0.15) is 0 Å². The van der Waals surface area contributed by atoms with Gasteiger partial charge in [-0.25, -0.2) is 24.3 Å². The van der Waals surface area contributed by atoms with Crippen molar-refractivity contribution in [3.63, 3.8) is 0 Å². The molecule has 4 unspecified atom stereocenters. The smallest absolute Gasteiger partial charge is 0.417 e. The molecule has 0 spiro atoms. The zero-order valence-electron chi connectivity index (χ0n) is 35.3. The monoisotopic (exact) mass is 809 g/mol. The third-order valence-corrected chi connectivity index (χ3v) is 10.5. The minimum absolute atomic E-state index is 0.0690. The number of aromatic nitrogens is 1. The molecule has 6 amide bonds. The van der Waals surface area contributed by atoms with E-state index in [1.807, 2.05) is 113 Å². The predicted molar refractivity (Wildman–Crippen MR) is 226 cm³/mol. The molecule has 59 heavy (non-hydrogen) atoms. The van der Waals surface area contributed by atoms with Gasteiger partial charge in [0.2, 0.25) is 5.91 Å². The van der Waals surface area contributed by atoms with E-state index in [4.69, 9.17) is 14.5 Å². The highest BCUT2D eigenvalue weighted by Crippen LogP contribution is 2.24. The number of para-hydroxylation sites is 1. The number of rotatable bonds is 17. The quantitative estimate of drug-likeness (QED) is 0.105. The van der Waals surface area contributed by atoms with Crippen LogP contribution in [0.4, 0.5) is 14.4 Å². The van der Waals surface area contributed by atoms with Gasteiger partial charge < -0.3 is 29.7 Å². The van der Waals surface area contributed by atoms with Gasteiger partial charge >= 0.3 is 18.2 Å². The van der Waals surface area contributed by atoms with E-state index in [1.165, 1.54) is 12.1 Å². The molecule has 0 saturated carbocycles. The van der Waals surface area contributed by atoms with Crippen LogP contribution in [0.2, 0.25) is 0 Å². The molecule has 1 saturated heterocycles. The van der Waals surface area contributed by atoms with Crippen LogP contribution in [0.1, 0.15) is 57.9 Å². The molecule has 316 valence electrons. The van der Waals surface area contributed by atoms with Gasteiger partial charge in [-0.15, -0.1) is 0 Å². The number of imide groups is 1. The number of nitrogens with zero attached hydrogens (tertiary/aromatic N) is 5. The second kappa shape index (κ2) is 20.3. The van der Waals surface area contributed by atoms with Gasteiger partial charge in [0.1, 0.15) is 11.8 Å². The molecule has 0 aliphatic carbocycles. The van der Waals surface area contributed by atoms with Crippen LogP contribution in [-0.2, 0) is 29.0 Å². The summed E-state index contributed by atoms with van der Waals surface area (Å²) in [6.45, 7) is 10.8. The van der Waals surface area contributed by atoms with Crippen molar-refractivity contribution in [1.29, 1.82) is 0 Å². The third-order valence-electron chi connectivity index (χ3n) is 10.5. The van der Waals surface area contributed by atoms with Crippen LogP contribution < -0.4 is 15.5 Å². The van der Waals surface area contributed by atoms with Gasteiger partial charge in [-0.05, 0) is 53.1 Å². The van der Waals surface area contributed by atoms with Gasteiger partial charge in [0.15, 0.2) is 0 Å². The van der Waals surface area contributed by atoms with Crippen molar-refractivity contribution in [2.75, 3.05) is 40.4 Å². The molecule has 0 bridgehead atoms. The molecule has 1 fully saturated rings. The largest absolute Gasteiger partial charge is 0.497 e. The maximum Gasteiger partial charge on any atom is 0.417 e. The topological polar surface area (TPSA) is 157 Å². The molecule has 4 atom stereocenters. The van der Waals surface area contributed by atoms with Crippen molar-refractivity contribution in [3.8, 4) is 5.75 Å². The van der Waals surface area contributed by atoms with Crippen LogP contribution in [0.5, 0.6) is 5.75 Å². The Bertz CT molecular complexity index is 2020. The highest BCUT2D eigenvalue weighted by atomic mass is 16.5. The molecular formula is C45H59N7O7. The van der Waals surface area contributed by atoms with Gasteiger partial charge in [-0.1, -0.05) is 108 Å². The van der Waals surface area contributed by atoms with E-state index in [2.05, 4.69) is 10.7 Å². The number of fused-ring (bicyclic) bond motifs is 1. The molecule has 3 aromatic carbocycles. The molecule has 1 aliphatic heterocycles. The molecule has 14 heteroatoms. The second-order valence-electron chi connectivity index (χ2n) is 16.4. The number of amides is 6. The number of carbonyl (C=O) groups is 4. The van der Waals surface area contributed by atoms with E-state index in [0.717, 1.165) is 32.6 Å². The number of hydrazine groups is 1. The first-order chi connectivity index (χ1) is 28.2. The summed E-state index contributed by atoms with van der Waals surface area (Å²) < 4.78 is 10.3. The summed E-state index contributed by atoms with van der Waals surface area (Å²) >= 11 is 0. The molecule has 2 heterocycles. The van der Waals surface area contributed by atoms with Crippen molar-refractivity contribution >= 4 is 35.0 Å². The number of aliphatic hydroxyl groups is 1. The molecule has 3 N–H and O–H groups in total. The Morgan fingerprint density at radius 2 is 1.61 bits per heavy atom. The Labute approximate surface area is 347 Å². The average molecular weight is 810 g/mol. The number of methoxy groups -OCH3 is 2. The second-order valence-corrected chi connectivity index (χ2v) is 16.4. The summed E-state index contributed by atoms with van der Waals surface area (Å²) in [5.41, 5.74) is 5.65. The summed E-state index contributed by atoms with van der Waals surface area (Å²) in [6.07, 6.45) is -1.16. The number of hydrogen-bond donors (Lipinski definition) is 3. The van der Waals surface area contributed by atoms with Crippen molar-refractivity contribution in [2.24, 2.45) is 11.3 Å². The van der Waals surface area contributed by atoms with E-state index in [0.29, 0.717) is 31.8 Å². The van der Waals surface area contributed by atoms with E-state index >= 15 is 0 Å². The summed E-state index contributed by atoms with van der Waals surface area (Å²) in [7, 11) is 2.78. The summed E-state index contributed by atoms with van der Waals surface area (Å²) in [5, 5.41) is 17.8. The lowest BCUT2D eigenvalue weighted by Crippen LogP contribution is -2.59. The fourth-order valence-corrected chi connectivity index (χ4v) is 7.20. The number of nitrogens with one attached hydrogen (secondary N) is 2. The number of ether oxygens (including phenoxy) is 2. The van der Waals surface area contributed by atoms with Crippen molar-refractivity contribution in [3.05, 3.63) is 108 Å². The number of hydrogen-bond acceptors (Lipinski definition) is 9. The van der Waals surface area contributed by atoms with Crippen LogP contribution >= 0.6 is 0 Å². The SMILES string of the molecule is CCC(C)C(C(=O)NC(Cc1ccccc1)C(O)CN(Cc1ccc(OC)cc1)NC(=O)N(CC(C)(C)C)C(=O)OC)N1CCN(Cc2ccc3ccccc3n2)C1=O. The fourth-order valence-electron chi connectivity index (χ4n) is 7.20. The minimum Gasteiger partial charge on any atom is -0.497 e. The molecule has 14 nitrogen and oxygen atoms in total. The highest BCUT2D eigenvalue weighted by Gasteiger charge is 2.41. The molecule has 1 aromatic heterocycles. The Kier molecular flexibility index (Phi) is 15.3. The van der Waals surface area contributed by atoms with Crippen molar-refractivity contribution in [2.45, 2.75) is 78.7 Å². The number of pyridine rings is 1. The normalized spacial score (nSPS) is 15.1. The Balaban J connectivity index is 1.39. The minimum atomic E-state index is -1.23. The molecule has 1 aliphatic rings. The standard InChI is InChI=1S/C45H59N7O7/c1-8-31(2)40(51-25-24-49(43(51)56)28-35-21-20-34-16-12-13-17-37(34)46-35)41(54)47-38(26-32-14-10-9-11-15-32)39(53)29-50(27-33-18-22-36(58-6)23-19-33)48-42(55)52(44(57)59-7)30-45(3,4)5/h9-23,31,38-40,53H,8,24-30H2,1-7H3,(H,47,54)(H,48,55). The van der Waals surface area contributed by atoms with Crippen molar-refractivity contribution < 1.29 is 33.8 Å². The van der Waals surface area contributed by atoms with Crippen LogP contribution in [-0.4, -0.2) is 112 Å². The maximum atomic E-state index is 14.5. The highest BCUT2D eigenvalue weighted by molar-refractivity contribution is 5.91. The van der Waals surface area contributed by atoms with Gasteiger partial charge in [0.25, 0.3) is 0 Å². The zero-order valence-corrected chi connectivity index (χ0v) is 35.3. The van der Waals surface area contributed by atoms with Gasteiger partial charge in [-0.3, -0.25) is 15.2 Å². The first-order valence-corrected chi connectivity index (χ1v) is 20.2. The molecule has 5 rings (SSSR count). The van der Waals surface area contributed by atoms with E-state index < -0.39 is 35.7 Å². The summed E-state index contributed by atoms with van der Waals surface area (Å²) in [5.74, 6) is 0.0641. The Morgan fingerprint density at radius 3 is 2.27 bits per heavy atom. The Morgan fingerprint density at radius 1 is 0.915 bits per heavy atom. The van der Waals surface area contributed by atoms with E-state index in [1.54, 1.807) is 29.0 Å². The summed E-state index contributed by atoms with van der Waals surface area (Å²) in [6, 6.07) is 25.9. The lowest BCUT2D eigenvalue weighted by molar-refractivity contribution is -0.128. The van der Waals surface area contributed by atoms with Gasteiger partial charge in [0.05, 0.1) is 44.1 Å². The first-order valence-electron chi connectivity index (χ1n) is 20.2. The van der Waals surface area contributed by atoms with Crippen LogP contribution in [0.15, 0.2) is 91.0 Å². The van der Waals surface area contributed by atoms with Crippen molar-refractivity contribution in [1.82, 2.24) is 35.4 Å². The van der Waals surface area contributed by atoms with E-state index in [-0.39, 0.29) is 43.9 Å². The first kappa shape index (κ1) is 44.4. The molecular weight excluding hydrogens is 751 g/mol. The average Bonchev–Trinajstić information content (AvgIpc) is 3.57. The molecule has 4 aromatic rings. The number of benzene rings is 3. The number of carbonyl (C=O) groups excluding carboxylic acids is 4. The van der Waals surface area contributed by atoms with Crippen LogP contribution in [0, 0.1) is 11.3 Å².